The van der Waals surface area contributed by atoms with Crippen molar-refractivity contribution in [2.75, 3.05) is 26.2 Å². The number of carbonyl (C=O) groups excluding carboxylic acids is 2. The van der Waals surface area contributed by atoms with Crippen LogP contribution in [0.1, 0.15) is 51.3 Å². The highest BCUT2D eigenvalue weighted by Crippen LogP contribution is 2.26. The highest BCUT2D eigenvalue weighted by molar-refractivity contribution is 7.89. The number of fused-ring (bicyclic) bond motifs is 1. The van der Waals surface area contributed by atoms with Crippen LogP contribution in [0.3, 0.4) is 0 Å². The molecule has 0 unspecified atom stereocenters. The van der Waals surface area contributed by atoms with Gasteiger partial charge in [-0.15, -0.1) is 0 Å². The van der Waals surface area contributed by atoms with Gasteiger partial charge in [-0.25, -0.2) is 13.4 Å². The standard InChI is InChI=1S/C23H33N5O4S/c1-2-11-28-20-8-7-18(33(31,32)27-13-3-4-14-27)15-19(20)25-21(28)9-10-22(29)26-12-5-6-17(16-26)23(24)30/h7-8,15,17H,2-6,9-14,16H2,1H3,(H2,24,30)/t17-/m1/s1. The lowest BCUT2D eigenvalue weighted by atomic mass is 9.97. The number of aryl methyl sites for hydroxylation is 2. The number of benzene rings is 1. The predicted molar refractivity (Wildman–Crippen MR) is 125 cm³/mol. The quantitative estimate of drug-likeness (QED) is 0.625. The third kappa shape index (κ3) is 4.91. The van der Waals surface area contributed by atoms with Crippen molar-refractivity contribution in [2.24, 2.45) is 11.7 Å². The lowest BCUT2D eigenvalue weighted by molar-refractivity contribution is -0.134. The van der Waals surface area contributed by atoms with Crippen LogP contribution in [0, 0.1) is 5.92 Å². The summed E-state index contributed by atoms with van der Waals surface area (Å²) in [6.45, 7) is 4.97. The molecule has 180 valence electrons. The van der Waals surface area contributed by atoms with E-state index in [-0.39, 0.29) is 29.0 Å². The fourth-order valence-corrected chi connectivity index (χ4v) is 6.41. The summed E-state index contributed by atoms with van der Waals surface area (Å²) in [6.07, 6.45) is 4.93. The van der Waals surface area contributed by atoms with Crippen LogP contribution in [0.4, 0.5) is 0 Å². The normalized spacial score (nSPS) is 19.9. The Morgan fingerprint density at radius 3 is 2.61 bits per heavy atom. The van der Waals surface area contributed by atoms with Gasteiger partial charge >= 0.3 is 0 Å². The number of imidazole rings is 1. The van der Waals surface area contributed by atoms with E-state index in [1.807, 2.05) is 6.07 Å². The largest absolute Gasteiger partial charge is 0.369 e. The number of nitrogens with two attached hydrogens (primary N) is 1. The molecule has 2 fully saturated rings. The van der Waals surface area contributed by atoms with Gasteiger partial charge < -0.3 is 15.2 Å². The smallest absolute Gasteiger partial charge is 0.243 e. The number of likely N-dealkylation sites (tertiary alicyclic amines) is 1. The number of sulfonamides is 1. The van der Waals surface area contributed by atoms with Crippen molar-refractivity contribution < 1.29 is 18.0 Å². The molecule has 1 aromatic carbocycles. The molecule has 2 amide bonds. The number of piperidine rings is 1. The van der Waals surface area contributed by atoms with Gasteiger partial charge in [0.05, 0.1) is 21.8 Å². The van der Waals surface area contributed by atoms with Gasteiger partial charge in [-0.1, -0.05) is 6.92 Å². The summed E-state index contributed by atoms with van der Waals surface area (Å²) in [7, 11) is -3.51. The maximum atomic E-state index is 13.0. The minimum atomic E-state index is -3.51. The molecule has 4 rings (SSSR count). The van der Waals surface area contributed by atoms with Crippen LogP contribution in [0.25, 0.3) is 11.0 Å². The molecule has 1 aromatic heterocycles. The van der Waals surface area contributed by atoms with Crippen LogP contribution in [-0.2, 0) is 32.6 Å². The minimum Gasteiger partial charge on any atom is -0.369 e. The molecule has 10 heteroatoms. The Morgan fingerprint density at radius 2 is 1.91 bits per heavy atom. The predicted octanol–water partition coefficient (Wildman–Crippen LogP) is 1.89. The van der Waals surface area contributed by atoms with Gasteiger partial charge in [0.2, 0.25) is 21.8 Å². The molecule has 0 bridgehead atoms. The summed E-state index contributed by atoms with van der Waals surface area (Å²) in [5.41, 5.74) is 6.96. The van der Waals surface area contributed by atoms with Crippen LogP contribution in [0.15, 0.2) is 23.1 Å². The number of carbonyl (C=O) groups is 2. The van der Waals surface area contributed by atoms with E-state index in [9.17, 15) is 18.0 Å². The van der Waals surface area contributed by atoms with Crippen LogP contribution in [0.2, 0.25) is 0 Å². The van der Waals surface area contributed by atoms with Gasteiger partial charge in [-0.05, 0) is 50.3 Å². The Bertz CT molecular complexity index is 1140. The molecule has 3 heterocycles. The van der Waals surface area contributed by atoms with Crippen molar-refractivity contribution >= 4 is 32.9 Å². The average Bonchev–Trinajstić information content (AvgIpc) is 3.46. The second-order valence-corrected chi connectivity index (χ2v) is 11.0. The molecule has 0 radical (unpaired) electrons. The summed E-state index contributed by atoms with van der Waals surface area (Å²) in [5.74, 6) is 0.146. The Morgan fingerprint density at radius 1 is 1.15 bits per heavy atom. The van der Waals surface area contributed by atoms with E-state index in [2.05, 4.69) is 11.5 Å². The number of nitrogens with zero attached hydrogens (tertiary/aromatic N) is 4. The maximum Gasteiger partial charge on any atom is 0.243 e. The van der Waals surface area contributed by atoms with Crippen molar-refractivity contribution in [3.8, 4) is 0 Å². The maximum absolute atomic E-state index is 13.0. The van der Waals surface area contributed by atoms with Crippen molar-refractivity contribution in [3.05, 3.63) is 24.0 Å². The van der Waals surface area contributed by atoms with E-state index in [1.54, 1.807) is 17.0 Å². The second-order valence-electron chi connectivity index (χ2n) is 9.02. The minimum absolute atomic E-state index is 0.00615. The molecule has 0 spiro atoms. The molecule has 2 N–H and O–H groups in total. The van der Waals surface area contributed by atoms with Gasteiger partial charge in [0.25, 0.3) is 0 Å². The number of rotatable bonds is 8. The van der Waals surface area contributed by atoms with Crippen molar-refractivity contribution in [1.82, 2.24) is 18.8 Å². The van der Waals surface area contributed by atoms with E-state index in [0.29, 0.717) is 38.1 Å². The molecule has 2 saturated heterocycles. The van der Waals surface area contributed by atoms with Gasteiger partial charge in [0.15, 0.2) is 0 Å². The SMILES string of the molecule is CCCn1c(CCC(=O)N2CCC[C@@H](C(N)=O)C2)nc2cc(S(=O)(=O)N3CCCC3)ccc21. The number of primary amides is 1. The zero-order valence-electron chi connectivity index (χ0n) is 19.2. The van der Waals surface area contributed by atoms with E-state index in [1.165, 1.54) is 4.31 Å². The molecule has 2 aromatic rings. The Hall–Kier alpha value is -2.46. The van der Waals surface area contributed by atoms with E-state index >= 15 is 0 Å². The fourth-order valence-electron chi connectivity index (χ4n) is 4.87. The molecule has 0 aliphatic carbocycles. The molecule has 0 saturated carbocycles. The first-order valence-corrected chi connectivity index (χ1v) is 13.3. The highest BCUT2D eigenvalue weighted by Gasteiger charge is 2.29. The van der Waals surface area contributed by atoms with E-state index < -0.39 is 10.0 Å². The number of aromatic nitrogens is 2. The van der Waals surface area contributed by atoms with Crippen molar-refractivity contribution in [3.63, 3.8) is 0 Å². The molecule has 33 heavy (non-hydrogen) atoms. The third-order valence-corrected chi connectivity index (χ3v) is 8.58. The summed E-state index contributed by atoms with van der Waals surface area (Å²) < 4.78 is 29.6. The van der Waals surface area contributed by atoms with Crippen LogP contribution >= 0.6 is 0 Å². The van der Waals surface area contributed by atoms with E-state index in [4.69, 9.17) is 10.7 Å². The number of amides is 2. The number of hydrogen-bond acceptors (Lipinski definition) is 5. The third-order valence-electron chi connectivity index (χ3n) is 6.69. The summed E-state index contributed by atoms with van der Waals surface area (Å²) >= 11 is 0. The number of hydrogen-bond donors (Lipinski definition) is 1. The van der Waals surface area contributed by atoms with Crippen molar-refractivity contribution in [1.29, 1.82) is 0 Å². The first-order valence-electron chi connectivity index (χ1n) is 11.9. The molecule has 2 aliphatic rings. The summed E-state index contributed by atoms with van der Waals surface area (Å²) in [5, 5.41) is 0. The summed E-state index contributed by atoms with van der Waals surface area (Å²) in [4.78, 5) is 31.1. The van der Waals surface area contributed by atoms with Gasteiger partial charge in [0, 0.05) is 45.6 Å². The molecule has 1 atom stereocenters. The highest BCUT2D eigenvalue weighted by atomic mass is 32.2. The van der Waals surface area contributed by atoms with Gasteiger partial charge in [0.1, 0.15) is 5.82 Å². The van der Waals surface area contributed by atoms with Crippen LogP contribution < -0.4 is 5.73 Å². The monoisotopic (exact) mass is 475 g/mol. The van der Waals surface area contributed by atoms with Gasteiger partial charge in [-0.3, -0.25) is 9.59 Å². The first kappa shape index (κ1) is 23.7. The van der Waals surface area contributed by atoms with Gasteiger partial charge in [-0.2, -0.15) is 4.31 Å². The zero-order chi connectivity index (χ0) is 23.6. The summed E-state index contributed by atoms with van der Waals surface area (Å²) in [6, 6.07) is 5.15. The molecule has 2 aliphatic heterocycles. The Labute approximate surface area is 195 Å². The molecular weight excluding hydrogens is 442 g/mol. The zero-order valence-corrected chi connectivity index (χ0v) is 20.0. The first-order chi connectivity index (χ1) is 15.8. The lowest BCUT2D eigenvalue weighted by Gasteiger charge is -2.31. The Balaban J connectivity index is 1.53. The Kier molecular flexibility index (Phi) is 7.04. The molecular formula is C23H33N5O4S. The van der Waals surface area contributed by atoms with E-state index in [0.717, 1.165) is 50.0 Å². The second kappa shape index (κ2) is 9.80. The average molecular weight is 476 g/mol. The lowest BCUT2D eigenvalue weighted by Crippen LogP contribution is -2.44. The fraction of sp³-hybridized carbons (Fsp3) is 0.609. The van der Waals surface area contributed by atoms with Crippen LogP contribution in [-0.4, -0.2) is 65.2 Å². The molecule has 9 nitrogen and oxygen atoms in total. The van der Waals surface area contributed by atoms with Crippen LogP contribution in [0.5, 0.6) is 0 Å². The van der Waals surface area contributed by atoms with Crippen molar-refractivity contribution in [2.45, 2.75) is 63.3 Å². The topological polar surface area (TPSA) is 119 Å².